The number of thioether (sulfide) groups is 1. The van der Waals surface area contributed by atoms with E-state index in [0.717, 1.165) is 11.3 Å². The van der Waals surface area contributed by atoms with Gasteiger partial charge in [0.25, 0.3) is 5.91 Å². The normalized spacial score (nSPS) is 18.0. The highest BCUT2D eigenvalue weighted by atomic mass is 32.2. The van der Waals surface area contributed by atoms with Crippen molar-refractivity contribution in [2.45, 2.75) is 13.3 Å². The van der Waals surface area contributed by atoms with Crippen LogP contribution >= 0.6 is 11.8 Å². The molecular formula is C9H14N2O2S. The summed E-state index contributed by atoms with van der Waals surface area (Å²) in [6.45, 7) is 3.03. The average molecular weight is 214 g/mol. The third-order valence-corrected chi connectivity index (χ3v) is 2.76. The lowest BCUT2D eigenvalue weighted by molar-refractivity contribution is -0.123. The minimum absolute atomic E-state index is 0.228. The first-order valence-electron chi connectivity index (χ1n) is 4.46. The summed E-state index contributed by atoms with van der Waals surface area (Å²) in [5.41, 5.74) is 0. The maximum Gasteiger partial charge on any atom is 0.324 e. The van der Waals surface area contributed by atoms with E-state index in [-0.39, 0.29) is 11.9 Å². The molecule has 78 valence electrons. The van der Waals surface area contributed by atoms with Gasteiger partial charge in [-0.15, -0.1) is 11.8 Å². The SMILES string of the molecule is CS/C(C)=C\C(=O)N1CCCNC1=O. The topological polar surface area (TPSA) is 49.4 Å². The van der Waals surface area contributed by atoms with Gasteiger partial charge in [-0.2, -0.15) is 0 Å². The van der Waals surface area contributed by atoms with Crippen molar-refractivity contribution in [3.05, 3.63) is 11.0 Å². The number of urea groups is 1. The fraction of sp³-hybridized carbons (Fsp3) is 0.556. The van der Waals surface area contributed by atoms with E-state index in [1.807, 2.05) is 13.2 Å². The highest BCUT2D eigenvalue weighted by molar-refractivity contribution is 8.02. The lowest BCUT2D eigenvalue weighted by Crippen LogP contribution is -2.48. The number of hydrogen-bond donors (Lipinski definition) is 1. The van der Waals surface area contributed by atoms with E-state index in [0.29, 0.717) is 13.1 Å². The zero-order chi connectivity index (χ0) is 10.6. The molecule has 0 aromatic carbocycles. The minimum atomic E-state index is -0.286. The zero-order valence-corrected chi connectivity index (χ0v) is 9.19. The molecule has 0 bridgehead atoms. The average Bonchev–Trinajstić information content (AvgIpc) is 2.18. The molecule has 0 atom stereocenters. The van der Waals surface area contributed by atoms with E-state index >= 15 is 0 Å². The lowest BCUT2D eigenvalue weighted by Gasteiger charge is -2.24. The van der Waals surface area contributed by atoms with Crippen molar-refractivity contribution in [1.29, 1.82) is 0 Å². The first-order valence-corrected chi connectivity index (χ1v) is 5.69. The molecule has 0 unspecified atom stereocenters. The molecule has 1 N–H and O–H groups in total. The van der Waals surface area contributed by atoms with Crippen LogP contribution in [-0.2, 0) is 4.79 Å². The van der Waals surface area contributed by atoms with Gasteiger partial charge >= 0.3 is 6.03 Å². The molecule has 3 amide bonds. The van der Waals surface area contributed by atoms with Gasteiger partial charge in [0.1, 0.15) is 0 Å². The largest absolute Gasteiger partial charge is 0.338 e. The second-order valence-electron chi connectivity index (χ2n) is 3.03. The molecule has 0 aromatic heterocycles. The molecule has 0 aromatic rings. The standard InChI is InChI=1S/C9H14N2O2S/c1-7(14-2)6-8(12)11-5-3-4-10-9(11)13/h6H,3-5H2,1-2H3,(H,10,13)/b7-6-. The zero-order valence-electron chi connectivity index (χ0n) is 8.37. The maximum atomic E-state index is 11.6. The molecular weight excluding hydrogens is 200 g/mol. The quantitative estimate of drug-likeness (QED) is 0.703. The van der Waals surface area contributed by atoms with Crippen molar-refractivity contribution in [2.24, 2.45) is 0 Å². The molecule has 1 fully saturated rings. The fourth-order valence-electron chi connectivity index (χ4n) is 1.15. The van der Waals surface area contributed by atoms with Gasteiger partial charge in [0.05, 0.1) is 0 Å². The number of amides is 3. The highest BCUT2D eigenvalue weighted by Crippen LogP contribution is 2.10. The van der Waals surface area contributed by atoms with Crippen molar-refractivity contribution < 1.29 is 9.59 Å². The second kappa shape index (κ2) is 5.05. The molecule has 1 heterocycles. The van der Waals surface area contributed by atoms with Gasteiger partial charge in [0.2, 0.25) is 0 Å². The van der Waals surface area contributed by atoms with Crippen molar-refractivity contribution in [3.8, 4) is 0 Å². The number of hydrogen-bond acceptors (Lipinski definition) is 3. The summed E-state index contributed by atoms with van der Waals surface area (Å²) in [5, 5.41) is 2.63. The van der Waals surface area contributed by atoms with E-state index in [1.165, 1.54) is 22.7 Å². The molecule has 0 spiro atoms. The second-order valence-corrected chi connectivity index (χ2v) is 4.09. The number of nitrogens with one attached hydrogen (secondary N) is 1. The molecule has 0 radical (unpaired) electrons. The van der Waals surface area contributed by atoms with Crippen LogP contribution in [0.3, 0.4) is 0 Å². The Morgan fingerprint density at radius 2 is 2.36 bits per heavy atom. The maximum absolute atomic E-state index is 11.6. The third kappa shape index (κ3) is 2.77. The Bertz CT molecular complexity index is 276. The van der Waals surface area contributed by atoms with Crippen LogP contribution in [-0.4, -0.2) is 36.2 Å². The monoisotopic (exact) mass is 214 g/mol. The first-order chi connectivity index (χ1) is 6.65. The molecule has 14 heavy (non-hydrogen) atoms. The molecule has 1 saturated heterocycles. The molecule has 4 nitrogen and oxygen atoms in total. The summed E-state index contributed by atoms with van der Waals surface area (Å²) in [7, 11) is 0. The van der Waals surface area contributed by atoms with Crippen LogP contribution in [0, 0.1) is 0 Å². The molecule has 0 saturated carbocycles. The predicted octanol–water partition coefficient (Wildman–Crippen LogP) is 1.20. The molecule has 0 aliphatic carbocycles. The first kappa shape index (κ1) is 11.1. The van der Waals surface area contributed by atoms with E-state index in [4.69, 9.17) is 0 Å². The smallest absolute Gasteiger partial charge is 0.324 e. The molecule has 1 aliphatic rings. The number of imide groups is 1. The number of nitrogens with zero attached hydrogens (tertiary/aromatic N) is 1. The van der Waals surface area contributed by atoms with Crippen molar-refractivity contribution in [1.82, 2.24) is 10.2 Å². The van der Waals surface area contributed by atoms with Gasteiger partial charge < -0.3 is 5.32 Å². The summed E-state index contributed by atoms with van der Waals surface area (Å²) in [5.74, 6) is -0.228. The number of rotatable bonds is 2. The van der Waals surface area contributed by atoms with Crippen LogP contribution in [0.25, 0.3) is 0 Å². The summed E-state index contributed by atoms with van der Waals surface area (Å²) in [6, 6.07) is -0.286. The fourth-order valence-corrected chi connectivity index (χ4v) is 1.37. The van der Waals surface area contributed by atoms with Crippen LogP contribution < -0.4 is 5.32 Å². The number of allylic oxidation sites excluding steroid dienone is 1. The predicted molar refractivity (Wildman–Crippen MR) is 57.0 cm³/mol. The van der Waals surface area contributed by atoms with Crippen LogP contribution in [0.4, 0.5) is 4.79 Å². The van der Waals surface area contributed by atoms with Gasteiger partial charge in [-0.3, -0.25) is 9.69 Å². The summed E-state index contributed by atoms with van der Waals surface area (Å²) >= 11 is 1.50. The van der Waals surface area contributed by atoms with Gasteiger partial charge in [-0.05, 0) is 24.5 Å². The Labute approximate surface area is 87.7 Å². The van der Waals surface area contributed by atoms with Crippen molar-refractivity contribution in [3.63, 3.8) is 0 Å². The van der Waals surface area contributed by atoms with Crippen molar-refractivity contribution >= 4 is 23.7 Å². The van der Waals surface area contributed by atoms with Gasteiger partial charge in [0.15, 0.2) is 0 Å². The Morgan fingerprint density at radius 1 is 1.64 bits per heavy atom. The number of carbonyl (C=O) groups excluding carboxylic acids is 2. The van der Waals surface area contributed by atoms with E-state index in [1.54, 1.807) is 0 Å². The summed E-state index contributed by atoms with van der Waals surface area (Å²) in [4.78, 5) is 25.0. The molecule has 1 aliphatic heterocycles. The highest BCUT2D eigenvalue weighted by Gasteiger charge is 2.22. The van der Waals surface area contributed by atoms with Crippen LogP contribution in [0.1, 0.15) is 13.3 Å². The molecule has 5 heteroatoms. The van der Waals surface area contributed by atoms with Gasteiger partial charge in [-0.25, -0.2) is 4.79 Å². The third-order valence-electron chi connectivity index (χ3n) is 1.99. The molecule has 1 rings (SSSR count). The van der Waals surface area contributed by atoms with Crippen LogP contribution in [0.2, 0.25) is 0 Å². The Kier molecular flexibility index (Phi) is 4.00. The van der Waals surface area contributed by atoms with Crippen molar-refractivity contribution in [2.75, 3.05) is 19.3 Å². The van der Waals surface area contributed by atoms with E-state index < -0.39 is 0 Å². The van der Waals surface area contributed by atoms with E-state index in [2.05, 4.69) is 5.32 Å². The Balaban J connectivity index is 2.63. The van der Waals surface area contributed by atoms with Crippen LogP contribution in [0.5, 0.6) is 0 Å². The van der Waals surface area contributed by atoms with Gasteiger partial charge in [0, 0.05) is 19.2 Å². The minimum Gasteiger partial charge on any atom is -0.338 e. The summed E-state index contributed by atoms with van der Waals surface area (Å²) in [6.07, 6.45) is 4.22. The number of carbonyl (C=O) groups is 2. The van der Waals surface area contributed by atoms with Gasteiger partial charge in [-0.1, -0.05) is 0 Å². The lowest BCUT2D eigenvalue weighted by atomic mass is 10.3. The van der Waals surface area contributed by atoms with Crippen LogP contribution in [0.15, 0.2) is 11.0 Å². The summed E-state index contributed by atoms with van der Waals surface area (Å²) < 4.78 is 0. The van der Waals surface area contributed by atoms with E-state index in [9.17, 15) is 9.59 Å². The Hall–Kier alpha value is -0.970. The Morgan fingerprint density at radius 3 is 2.93 bits per heavy atom.